The van der Waals surface area contributed by atoms with E-state index in [0.29, 0.717) is 24.4 Å². The topological polar surface area (TPSA) is 68.5 Å². The second-order valence-electron chi connectivity index (χ2n) is 5.37. The first kappa shape index (κ1) is 16.9. The van der Waals surface area contributed by atoms with E-state index in [0.717, 1.165) is 10.4 Å². The number of hydrogen-bond acceptors (Lipinski definition) is 6. The maximum Gasteiger partial charge on any atom is 0.471 e. The molecule has 0 N–H and O–H groups in total. The van der Waals surface area contributed by atoms with Gasteiger partial charge in [0.15, 0.2) is 0 Å². The van der Waals surface area contributed by atoms with Gasteiger partial charge in [0, 0.05) is 25.1 Å². The minimum absolute atomic E-state index is 0.0927. The van der Waals surface area contributed by atoms with Crippen molar-refractivity contribution >= 4 is 17.2 Å². The molecule has 0 radical (unpaired) electrons. The molecule has 24 heavy (non-hydrogen) atoms. The molecule has 0 fully saturated rings. The standard InChI is InChI=1S/C14H14F3N3O3S/c1-7(22-2)12(21)20-4-3-9-8(6-20)5-10(24-9)11-18-13(23-19-11)14(15,16)17/h5,7H,3-4,6H2,1-2H3. The van der Waals surface area contributed by atoms with E-state index in [4.69, 9.17) is 4.74 Å². The number of nitrogens with zero attached hydrogens (tertiary/aromatic N) is 3. The summed E-state index contributed by atoms with van der Waals surface area (Å²) in [4.78, 5) is 18.7. The summed E-state index contributed by atoms with van der Waals surface area (Å²) in [6.45, 7) is 2.61. The van der Waals surface area contributed by atoms with Gasteiger partial charge in [0.1, 0.15) is 6.10 Å². The Kier molecular flexibility index (Phi) is 4.35. The monoisotopic (exact) mass is 361 g/mol. The number of rotatable bonds is 3. The third-order valence-corrected chi connectivity index (χ3v) is 5.00. The normalized spacial score (nSPS) is 16.1. The van der Waals surface area contributed by atoms with Crippen LogP contribution in [-0.4, -0.2) is 40.7 Å². The Bertz CT molecular complexity index is 756. The van der Waals surface area contributed by atoms with Gasteiger partial charge in [-0.15, -0.1) is 11.3 Å². The number of thiophene rings is 1. The number of ether oxygens (including phenoxy) is 1. The van der Waals surface area contributed by atoms with Gasteiger partial charge in [-0.25, -0.2) is 0 Å². The Hall–Kier alpha value is -1.94. The second kappa shape index (κ2) is 6.17. The fourth-order valence-electron chi connectivity index (χ4n) is 2.43. The van der Waals surface area contributed by atoms with E-state index >= 15 is 0 Å². The molecule has 0 aromatic carbocycles. The Balaban J connectivity index is 1.81. The van der Waals surface area contributed by atoms with Crippen molar-refractivity contribution in [2.24, 2.45) is 0 Å². The number of fused-ring (bicyclic) bond motifs is 1. The molecule has 1 unspecified atom stereocenters. The number of alkyl halides is 3. The van der Waals surface area contributed by atoms with Crippen molar-refractivity contribution in [3.8, 4) is 10.7 Å². The second-order valence-corrected chi connectivity index (χ2v) is 6.50. The zero-order valence-corrected chi connectivity index (χ0v) is 13.7. The zero-order chi connectivity index (χ0) is 17.5. The fourth-order valence-corrected chi connectivity index (χ4v) is 3.52. The summed E-state index contributed by atoms with van der Waals surface area (Å²) in [6, 6.07) is 1.71. The lowest BCUT2D eigenvalue weighted by Crippen LogP contribution is -2.41. The van der Waals surface area contributed by atoms with Gasteiger partial charge in [-0.3, -0.25) is 4.79 Å². The van der Waals surface area contributed by atoms with Crippen LogP contribution in [0.2, 0.25) is 0 Å². The molecular formula is C14H14F3N3O3S. The predicted molar refractivity (Wildman–Crippen MR) is 78.2 cm³/mol. The van der Waals surface area contributed by atoms with Gasteiger partial charge in [0.05, 0.1) is 4.88 Å². The minimum atomic E-state index is -4.67. The molecule has 3 heterocycles. The molecule has 0 saturated heterocycles. The van der Waals surface area contributed by atoms with Gasteiger partial charge in [0.25, 0.3) is 5.91 Å². The van der Waals surface area contributed by atoms with E-state index in [-0.39, 0.29) is 11.7 Å². The Morgan fingerprint density at radius 1 is 1.50 bits per heavy atom. The largest absolute Gasteiger partial charge is 0.471 e. The van der Waals surface area contributed by atoms with Crippen molar-refractivity contribution in [1.82, 2.24) is 15.0 Å². The van der Waals surface area contributed by atoms with Crippen LogP contribution in [0.4, 0.5) is 13.2 Å². The average Bonchev–Trinajstić information content (AvgIpc) is 3.18. The fraction of sp³-hybridized carbons (Fsp3) is 0.500. The first-order chi connectivity index (χ1) is 11.3. The van der Waals surface area contributed by atoms with Gasteiger partial charge >= 0.3 is 12.1 Å². The summed E-state index contributed by atoms with van der Waals surface area (Å²) in [5, 5.41) is 3.40. The Morgan fingerprint density at radius 2 is 2.25 bits per heavy atom. The molecule has 0 spiro atoms. The van der Waals surface area contributed by atoms with Crippen LogP contribution in [0, 0.1) is 0 Å². The van der Waals surface area contributed by atoms with Crippen LogP contribution in [0.3, 0.4) is 0 Å². The third-order valence-electron chi connectivity index (χ3n) is 3.77. The molecule has 0 bridgehead atoms. The minimum Gasteiger partial charge on any atom is -0.372 e. The molecule has 1 aliphatic heterocycles. The molecule has 0 saturated carbocycles. The lowest BCUT2D eigenvalue weighted by molar-refractivity contribution is -0.159. The quantitative estimate of drug-likeness (QED) is 0.841. The van der Waals surface area contributed by atoms with Crippen LogP contribution >= 0.6 is 11.3 Å². The summed E-state index contributed by atoms with van der Waals surface area (Å²) in [5.41, 5.74) is 0.885. The summed E-state index contributed by atoms with van der Waals surface area (Å²) >= 11 is 1.32. The smallest absolute Gasteiger partial charge is 0.372 e. The molecule has 130 valence electrons. The van der Waals surface area contributed by atoms with Crippen LogP contribution in [0.15, 0.2) is 10.6 Å². The van der Waals surface area contributed by atoms with Crippen molar-refractivity contribution in [2.75, 3.05) is 13.7 Å². The third kappa shape index (κ3) is 3.16. The molecule has 0 aliphatic carbocycles. The van der Waals surface area contributed by atoms with Crippen LogP contribution < -0.4 is 0 Å². The zero-order valence-electron chi connectivity index (χ0n) is 12.9. The predicted octanol–water partition coefficient (Wildman–Crippen LogP) is 2.74. The van der Waals surface area contributed by atoms with Gasteiger partial charge in [-0.2, -0.15) is 18.2 Å². The van der Waals surface area contributed by atoms with E-state index in [1.165, 1.54) is 18.4 Å². The van der Waals surface area contributed by atoms with Crippen LogP contribution in [-0.2, 0) is 28.7 Å². The van der Waals surface area contributed by atoms with Crippen molar-refractivity contribution in [1.29, 1.82) is 0 Å². The van der Waals surface area contributed by atoms with Gasteiger partial charge in [0.2, 0.25) is 5.82 Å². The summed E-state index contributed by atoms with van der Waals surface area (Å²) in [6.07, 6.45) is -4.57. The molecule has 2 aromatic heterocycles. The Labute approximate surface area is 139 Å². The lowest BCUT2D eigenvalue weighted by atomic mass is 10.1. The highest BCUT2D eigenvalue weighted by Gasteiger charge is 2.39. The van der Waals surface area contributed by atoms with Crippen molar-refractivity contribution in [3.05, 3.63) is 22.4 Å². The summed E-state index contributed by atoms with van der Waals surface area (Å²) < 4.78 is 46.9. The number of halogens is 3. The maximum absolute atomic E-state index is 12.5. The highest BCUT2D eigenvalue weighted by molar-refractivity contribution is 7.15. The number of carbonyl (C=O) groups excluding carboxylic acids is 1. The van der Waals surface area contributed by atoms with Crippen molar-refractivity contribution in [3.63, 3.8) is 0 Å². The SMILES string of the molecule is COC(C)C(=O)N1CCc2sc(-c3noc(C(F)(F)F)n3)cc2C1. The summed E-state index contributed by atoms with van der Waals surface area (Å²) in [5.74, 6) is -1.57. The molecular weight excluding hydrogens is 347 g/mol. The molecule has 3 rings (SSSR count). The Morgan fingerprint density at radius 3 is 2.88 bits per heavy atom. The molecule has 1 aliphatic rings. The van der Waals surface area contributed by atoms with Crippen LogP contribution in [0.25, 0.3) is 10.7 Å². The number of amides is 1. The van der Waals surface area contributed by atoms with E-state index in [1.807, 2.05) is 0 Å². The molecule has 10 heteroatoms. The number of carbonyl (C=O) groups is 1. The molecule has 1 amide bonds. The van der Waals surface area contributed by atoms with E-state index < -0.39 is 18.2 Å². The highest BCUT2D eigenvalue weighted by Crippen LogP contribution is 2.35. The summed E-state index contributed by atoms with van der Waals surface area (Å²) in [7, 11) is 1.47. The van der Waals surface area contributed by atoms with Gasteiger partial charge < -0.3 is 14.2 Å². The lowest BCUT2D eigenvalue weighted by Gasteiger charge is -2.28. The highest BCUT2D eigenvalue weighted by atomic mass is 32.1. The van der Waals surface area contributed by atoms with Gasteiger partial charge in [-0.1, -0.05) is 5.16 Å². The van der Waals surface area contributed by atoms with Crippen LogP contribution in [0.1, 0.15) is 23.3 Å². The van der Waals surface area contributed by atoms with E-state index in [2.05, 4.69) is 14.7 Å². The first-order valence-corrected chi connectivity index (χ1v) is 7.95. The van der Waals surface area contributed by atoms with E-state index in [1.54, 1.807) is 17.9 Å². The first-order valence-electron chi connectivity index (χ1n) is 7.14. The van der Waals surface area contributed by atoms with Crippen molar-refractivity contribution in [2.45, 2.75) is 32.2 Å². The maximum atomic E-state index is 12.5. The van der Waals surface area contributed by atoms with Crippen LogP contribution in [0.5, 0.6) is 0 Å². The number of methoxy groups -OCH3 is 1. The molecule has 2 aromatic rings. The van der Waals surface area contributed by atoms with E-state index in [9.17, 15) is 18.0 Å². The molecule has 6 nitrogen and oxygen atoms in total. The number of hydrogen-bond donors (Lipinski definition) is 0. The average molecular weight is 361 g/mol. The molecule has 1 atom stereocenters. The van der Waals surface area contributed by atoms with Crippen molar-refractivity contribution < 1.29 is 27.2 Å². The number of aromatic nitrogens is 2. The van der Waals surface area contributed by atoms with Gasteiger partial charge in [-0.05, 0) is 25.0 Å².